The molecule has 16 heavy (non-hydrogen) atoms. The van der Waals surface area contributed by atoms with Crippen molar-refractivity contribution in [3.63, 3.8) is 0 Å². The molecule has 0 radical (unpaired) electrons. The van der Waals surface area contributed by atoms with Gasteiger partial charge in [0.15, 0.2) is 0 Å². The van der Waals surface area contributed by atoms with Crippen LogP contribution in [0.15, 0.2) is 35.2 Å². The summed E-state index contributed by atoms with van der Waals surface area (Å²) in [5.74, 6) is 1.01. The van der Waals surface area contributed by atoms with Crippen molar-refractivity contribution in [3.05, 3.63) is 30.3 Å². The first kappa shape index (κ1) is 10.7. The Labute approximate surface area is 103 Å². The first-order chi connectivity index (χ1) is 7.89. The molecule has 2 fully saturated rings. The molecule has 0 unspecified atom stereocenters. The summed E-state index contributed by atoms with van der Waals surface area (Å²) < 4.78 is 0.641. The average Bonchev–Trinajstić information content (AvgIpc) is 3.13. The molecule has 2 aliphatic carbocycles. The van der Waals surface area contributed by atoms with E-state index in [9.17, 15) is 0 Å². The van der Waals surface area contributed by atoms with Crippen molar-refractivity contribution in [2.45, 2.75) is 54.6 Å². The Kier molecular flexibility index (Phi) is 2.97. The van der Waals surface area contributed by atoms with E-state index in [1.54, 1.807) is 0 Å². The third-order valence-electron chi connectivity index (χ3n) is 4.16. The summed E-state index contributed by atoms with van der Waals surface area (Å²) in [6.07, 6.45) is 10.3. The second-order valence-corrected chi connectivity index (χ2v) is 6.80. The van der Waals surface area contributed by atoms with E-state index < -0.39 is 0 Å². The molecule has 0 atom stereocenters. The predicted molar refractivity (Wildman–Crippen MR) is 70.8 cm³/mol. The Morgan fingerprint density at radius 2 is 1.62 bits per heavy atom. The minimum atomic E-state index is 0.641. The first-order valence-corrected chi connectivity index (χ1v) is 7.45. The molecule has 0 spiro atoms. The van der Waals surface area contributed by atoms with Gasteiger partial charge in [-0.2, -0.15) is 0 Å². The fourth-order valence-corrected chi connectivity index (χ4v) is 4.54. The van der Waals surface area contributed by atoms with Crippen LogP contribution in [0.5, 0.6) is 0 Å². The normalized spacial score (nSPS) is 24.2. The maximum absolute atomic E-state index is 2.27. The van der Waals surface area contributed by atoms with Gasteiger partial charge in [-0.3, -0.25) is 0 Å². The van der Waals surface area contributed by atoms with Crippen molar-refractivity contribution in [1.29, 1.82) is 0 Å². The molecular formula is C15H20S. The van der Waals surface area contributed by atoms with Crippen molar-refractivity contribution in [2.24, 2.45) is 5.92 Å². The third-order valence-corrected chi connectivity index (χ3v) is 5.81. The molecule has 0 heterocycles. The molecule has 2 aliphatic rings. The van der Waals surface area contributed by atoms with E-state index in [1.807, 2.05) is 0 Å². The zero-order valence-corrected chi connectivity index (χ0v) is 10.6. The lowest BCUT2D eigenvalue weighted by Gasteiger charge is -2.30. The Balaban J connectivity index is 1.69. The van der Waals surface area contributed by atoms with Crippen molar-refractivity contribution in [2.75, 3.05) is 0 Å². The maximum Gasteiger partial charge on any atom is 0.0236 e. The molecule has 0 N–H and O–H groups in total. The van der Waals surface area contributed by atoms with E-state index in [0.717, 1.165) is 5.92 Å². The van der Waals surface area contributed by atoms with E-state index in [0.29, 0.717) is 4.75 Å². The molecule has 86 valence electrons. The molecule has 0 amide bonds. The molecule has 0 bridgehead atoms. The quantitative estimate of drug-likeness (QED) is 0.715. The molecule has 3 rings (SSSR count). The number of benzene rings is 1. The summed E-state index contributed by atoms with van der Waals surface area (Å²) in [7, 11) is 0. The zero-order valence-electron chi connectivity index (χ0n) is 9.82. The van der Waals surface area contributed by atoms with Crippen molar-refractivity contribution < 1.29 is 0 Å². The molecule has 0 aromatic heterocycles. The highest BCUT2D eigenvalue weighted by molar-refractivity contribution is 8.01. The van der Waals surface area contributed by atoms with Gasteiger partial charge in [0.05, 0.1) is 0 Å². The van der Waals surface area contributed by atoms with E-state index >= 15 is 0 Å². The molecule has 0 aliphatic heterocycles. The lowest BCUT2D eigenvalue weighted by molar-refractivity contribution is 0.340. The van der Waals surface area contributed by atoms with Crippen LogP contribution in [-0.2, 0) is 0 Å². The highest BCUT2D eigenvalue weighted by atomic mass is 32.2. The predicted octanol–water partition coefficient (Wildman–Crippen LogP) is 4.89. The number of rotatable bonds is 3. The standard InChI is InChI=1S/C15H20S/c1-3-7-13(8-4-1)15(11-12-15)16-14-9-5-2-6-10-14/h2,5-6,9-10,13H,1,3-4,7-8,11-12H2. The van der Waals surface area contributed by atoms with Crippen LogP contribution in [-0.4, -0.2) is 4.75 Å². The smallest absolute Gasteiger partial charge is 0.0236 e. The van der Waals surface area contributed by atoms with Gasteiger partial charge in [0.2, 0.25) is 0 Å². The summed E-state index contributed by atoms with van der Waals surface area (Å²) in [4.78, 5) is 1.48. The number of hydrogen-bond donors (Lipinski definition) is 0. The van der Waals surface area contributed by atoms with Crippen molar-refractivity contribution in [1.82, 2.24) is 0 Å². The van der Waals surface area contributed by atoms with Crippen LogP contribution in [0.2, 0.25) is 0 Å². The zero-order chi connectivity index (χ0) is 10.8. The number of hydrogen-bond acceptors (Lipinski definition) is 1. The maximum atomic E-state index is 2.27. The second-order valence-electron chi connectivity index (χ2n) is 5.31. The highest BCUT2D eigenvalue weighted by Gasteiger charge is 2.49. The lowest BCUT2D eigenvalue weighted by Crippen LogP contribution is -2.21. The summed E-state index contributed by atoms with van der Waals surface area (Å²) in [5.41, 5.74) is 0. The van der Waals surface area contributed by atoms with Gasteiger partial charge in [0.25, 0.3) is 0 Å². The first-order valence-electron chi connectivity index (χ1n) is 6.63. The minimum Gasteiger partial charge on any atom is -0.119 e. The molecule has 1 heteroatoms. The van der Waals surface area contributed by atoms with Gasteiger partial charge < -0.3 is 0 Å². The molecular weight excluding hydrogens is 212 g/mol. The average molecular weight is 232 g/mol. The molecule has 0 saturated heterocycles. The van der Waals surface area contributed by atoms with Crippen LogP contribution in [0, 0.1) is 5.92 Å². The van der Waals surface area contributed by atoms with Gasteiger partial charge in [-0.15, -0.1) is 11.8 Å². The SMILES string of the molecule is c1ccc(SC2(C3CCCCC3)CC2)cc1. The molecule has 1 aromatic carbocycles. The Hall–Kier alpha value is -0.430. The van der Waals surface area contributed by atoms with Crippen LogP contribution in [0.4, 0.5) is 0 Å². The molecule has 2 saturated carbocycles. The van der Waals surface area contributed by atoms with Crippen molar-refractivity contribution >= 4 is 11.8 Å². The lowest BCUT2D eigenvalue weighted by atomic mass is 9.85. The minimum absolute atomic E-state index is 0.641. The van der Waals surface area contributed by atoms with Crippen LogP contribution >= 0.6 is 11.8 Å². The largest absolute Gasteiger partial charge is 0.119 e. The van der Waals surface area contributed by atoms with Gasteiger partial charge in [-0.05, 0) is 43.7 Å². The fraction of sp³-hybridized carbons (Fsp3) is 0.600. The summed E-state index contributed by atoms with van der Waals surface area (Å²) in [6, 6.07) is 11.0. The van der Waals surface area contributed by atoms with Crippen LogP contribution < -0.4 is 0 Å². The van der Waals surface area contributed by atoms with E-state index in [2.05, 4.69) is 42.1 Å². The molecule has 0 nitrogen and oxygen atoms in total. The number of thioether (sulfide) groups is 1. The highest BCUT2D eigenvalue weighted by Crippen LogP contribution is 2.59. The molecule has 1 aromatic rings. The van der Waals surface area contributed by atoms with Gasteiger partial charge in [0, 0.05) is 9.64 Å². The Bertz CT molecular complexity index is 334. The Morgan fingerprint density at radius 3 is 2.25 bits per heavy atom. The van der Waals surface area contributed by atoms with Gasteiger partial charge >= 0.3 is 0 Å². The second kappa shape index (κ2) is 4.44. The summed E-state index contributed by atoms with van der Waals surface area (Å²) in [5, 5.41) is 0. The van der Waals surface area contributed by atoms with E-state index in [4.69, 9.17) is 0 Å². The summed E-state index contributed by atoms with van der Waals surface area (Å²) in [6.45, 7) is 0. The van der Waals surface area contributed by atoms with E-state index in [1.165, 1.54) is 49.8 Å². The summed E-state index contributed by atoms with van der Waals surface area (Å²) >= 11 is 2.16. The van der Waals surface area contributed by atoms with Crippen LogP contribution in [0.25, 0.3) is 0 Å². The topological polar surface area (TPSA) is 0 Å². The van der Waals surface area contributed by atoms with E-state index in [-0.39, 0.29) is 0 Å². The third kappa shape index (κ3) is 2.15. The van der Waals surface area contributed by atoms with Gasteiger partial charge in [-0.25, -0.2) is 0 Å². The van der Waals surface area contributed by atoms with Gasteiger partial charge in [-0.1, -0.05) is 37.5 Å². The monoisotopic (exact) mass is 232 g/mol. The fourth-order valence-electron chi connectivity index (χ4n) is 3.07. The van der Waals surface area contributed by atoms with Gasteiger partial charge in [0.1, 0.15) is 0 Å². The van der Waals surface area contributed by atoms with Crippen LogP contribution in [0.3, 0.4) is 0 Å². The Morgan fingerprint density at radius 1 is 0.938 bits per heavy atom. The van der Waals surface area contributed by atoms with Crippen molar-refractivity contribution in [3.8, 4) is 0 Å². The van der Waals surface area contributed by atoms with Crippen LogP contribution in [0.1, 0.15) is 44.9 Å².